The third-order valence-electron chi connectivity index (χ3n) is 3.72. The van der Waals surface area contributed by atoms with E-state index in [1.807, 2.05) is 67.0 Å². The van der Waals surface area contributed by atoms with E-state index in [-0.39, 0.29) is 6.04 Å². The number of benzene rings is 1. The molecule has 122 valence electrons. The van der Waals surface area contributed by atoms with Gasteiger partial charge in [0.2, 0.25) is 0 Å². The van der Waals surface area contributed by atoms with E-state index in [2.05, 4.69) is 9.98 Å². The SMILES string of the molecule is CC(C)N=CC(=CN)c1ccn2c(-c3cccc(N)c3)cnc2c1. The van der Waals surface area contributed by atoms with E-state index in [1.165, 1.54) is 0 Å². The molecule has 0 saturated heterocycles. The Morgan fingerprint density at radius 1 is 1.25 bits per heavy atom. The van der Waals surface area contributed by atoms with Crippen molar-refractivity contribution < 1.29 is 0 Å². The summed E-state index contributed by atoms with van der Waals surface area (Å²) in [4.78, 5) is 8.91. The predicted molar refractivity (Wildman–Crippen MR) is 101 cm³/mol. The van der Waals surface area contributed by atoms with E-state index < -0.39 is 0 Å². The van der Waals surface area contributed by atoms with Crippen LogP contribution in [0.15, 0.2) is 60.0 Å². The summed E-state index contributed by atoms with van der Waals surface area (Å²) in [6.45, 7) is 4.06. The molecule has 0 amide bonds. The fourth-order valence-corrected chi connectivity index (χ4v) is 2.51. The first kappa shape index (κ1) is 15.8. The maximum absolute atomic E-state index is 5.88. The molecule has 0 atom stereocenters. The van der Waals surface area contributed by atoms with E-state index in [0.717, 1.165) is 33.7 Å². The number of imidazole rings is 1. The molecule has 24 heavy (non-hydrogen) atoms. The van der Waals surface area contributed by atoms with E-state index in [4.69, 9.17) is 11.5 Å². The largest absolute Gasteiger partial charge is 0.404 e. The van der Waals surface area contributed by atoms with Crippen molar-refractivity contribution in [2.24, 2.45) is 10.7 Å². The summed E-state index contributed by atoms with van der Waals surface area (Å²) in [6, 6.07) is 12.0. The molecule has 0 spiro atoms. The van der Waals surface area contributed by atoms with Crippen LogP contribution in [-0.4, -0.2) is 21.6 Å². The van der Waals surface area contributed by atoms with Crippen molar-refractivity contribution in [2.45, 2.75) is 19.9 Å². The summed E-state index contributed by atoms with van der Waals surface area (Å²) < 4.78 is 2.03. The Morgan fingerprint density at radius 2 is 2.08 bits per heavy atom. The molecule has 1 aromatic carbocycles. The summed E-state index contributed by atoms with van der Waals surface area (Å²) in [5.41, 5.74) is 17.1. The molecule has 0 saturated carbocycles. The standard InChI is InChI=1S/C19H21N5/c1-13(2)22-11-16(10-20)14-6-7-24-18(12-23-19(24)9-14)15-4-3-5-17(21)8-15/h3-13H,20-21H2,1-2H3. The number of fused-ring (bicyclic) bond motifs is 1. The highest BCUT2D eigenvalue weighted by atomic mass is 15.0. The molecule has 0 unspecified atom stereocenters. The zero-order chi connectivity index (χ0) is 17.1. The van der Waals surface area contributed by atoms with Crippen molar-refractivity contribution in [3.8, 4) is 11.3 Å². The molecule has 0 aliphatic carbocycles. The smallest absolute Gasteiger partial charge is 0.137 e. The van der Waals surface area contributed by atoms with Crippen molar-refractivity contribution in [2.75, 3.05) is 5.73 Å². The Kier molecular flexibility index (Phi) is 4.33. The molecule has 0 aliphatic rings. The van der Waals surface area contributed by atoms with Crippen molar-refractivity contribution in [3.05, 3.63) is 60.6 Å². The van der Waals surface area contributed by atoms with E-state index >= 15 is 0 Å². The van der Waals surface area contributed by atoms with Crippen molar-refractivity contribution in [3.63, 3.8) is 0 Å². The summed E-state index contributed by atoms with van der Waals surface area (Å²) in [7, 11) is 0. The molecule has 0 radical (unpaired) electrons. The number of nitrogens with zero attached hydrogens (tertiary/aromatic N) is 3. The zero-order valence-electron chi connectivity index (χ0n) is 13.8. The lowest BCUT2D eigenvalue weighted by atomic mass is 10.1. The summed E-state index contributed by atoms with van der Waals surface area (Å²) in [5.74, 6) is 0. The van der Waals surface area contributed by atoms with Crippen molar-refractivity contribution >= 4 is 23.1 Å². The number of aromatic nitrogens is 2. The Balaban J connectivity index is 2.02. The third-order valence-corrected chi connectivity index (χ3v) is 3.72. The van der Waals surface area contributed by atoms with Gasteiger partial charge in [-0.3, -0.25) is 9.39 Å². The monoisotopic (exact) mass is 319 g/mol. The van der Waals surface area contributed by atoms with Crippen molar-refractivity contribution in [1.82, 2.24) is 9.38 Å². The molecule has 2 aromatic heterocycles. The lowest BCUT2D eigenvalue weighted by Crippen LogP contribution is -1.97. The van der Waals surface area contributed by atoms with Crippen LogP contribution in [0, 0.1) is 0 Å². The minimum atomic E-state index is 0.227. The lowest BCUT2D eigenvalue weighted by Gasteiger charge is -2.06. The lowest BCUT2D eigenvalue weighted by molar-refractivity contribution is 0.842. The number of nitrogens with two attached hydrogens (primary N) is 2. The first-order valence-corrected chi connectivity index (χ1v) is 7.87. The van der Waals surface area contributed by atoms with Gasteiger partial charge in [0.05, 0.1) is 11.9 Å². The van der Waals surface area contributed by atoms with Crippen LogP contribution in [0.3, 0.4) is 0 Å². The second-order valence-electron chi connectivity index (χ2n) is 5.91. The minimum Gasteiger partial charge on any atom is -0.404 e. The van der Waals surface area contributed by atoms with Crippen LogP contribution in [0.5, 0.6) is 0 Å². The molecule has 2 heterocycles. The van der Waals surface area contributed by atoms with Crippen LogP contribution < -0.4 is 11.5 Å². The second kappa shape index (κ2) is 6.58. The highest BCUT2D eigenvalue weighted by molar-refractivity contribution is 6.09. The van der Waals surface area contributed by atoms with Gasteiger partial charge in [0.15, 0.2) is 0 Å². The molecule has 4 N–H and O–H groups in total. The summed E-state index contributed by atoms with van der Waals surface area (Å²) in [6.07, 6.45) is 7.21. The molecule has 0 aliphatic heterocycles. The Morgan fingerprint density at radius 3 is 2.79 bits per heavy atom. The van der Waals surface area contributed by atoms with Gasteiger partial charge < -0.3 is 11.5 Å². The van der Waals surface area contributed by atoms with Crippen molar-refractivity contribution in [1.29, 1.82) is 0 Å². The molecular weight excluding hydrogens is 298 g/mol. The normalized spacial score (nSPS) is 12.5. The minimum absolute atomic E-state index is 0.227. The first-order chi connectivity index (χ1) is 11.6. The number of nitrogen functional groups attached to an aromatic ring is 1. The van der Waals surface area contributed by atoms with Gasteiger partial charge in [-0.05, 0) is 43.7 Å². The predicted octanol–water partition coefficient (Wildman–Crippen LogP) is 3.36. The Labute approximate surface area is 141 Å². The number of hydrogen-bond donors (Lipinski definition) is 2. The number of allylic oxidation sites excluding steroid dienone is 1. The average molecular weight is 319 g/mol. The van der Waals surface area contributed by atoms with Gasteiger partial charge in [0.25, 0.3) is 0 Å². The maximum atomic E-state index is 5.88. The molecule has 0 bridgehead atoms. The van der Waals surface area contributed by atoms with Gasteiger partial charge in [-0.2, -0.15) is 0 Å². The van der Waals surface area contributed by atoms with Gasteiger partial charge >= 0.3 is 0 Å². The number of anilines is 1. The first-order valence-electron chi connectivity index (χ1n) is 7.87. The Hall–Kier alpha value is -3.08. The number of pyridine rings is 1. The Bertz CT molecular complexity index is 918. The number of hydrogen-bond acceptors (Lipinski definition) is 4. The topological polar surface area (TPSA) is 81.7 Å². The average Bonchev–Trinajstić information content (AvgIpc) is 2.98. The molecule has 3 rings (SSSR count). The van der Waals surface area contributed by atoms with E-state index in [9.17, 15) is 0 Å². The van der Waals surface area contributed by atoms with Crippen LogP contribution >= 0.6 is 0 Å². The highest BCUT2D eigenvalue weighted by Crippen LogP contribution is 2.24. The molecule has 3 aromatic rings. The second-order valence-corrected chi connectivity index (χ2v) is 5.91. The fourth-order valence-electron chi connectivity index (χ4n) is 2.51. The quantitative estimate of drug-likeness (QED) is 0.571. The van der Waals surface area contributed by atoms with Crippen LogP contribution in [0.1, 0.15) is 19.4 Å². The van der Waals surface area contributed by atoms with Gasteiger partial charge in [-0.25, -0.2) is 4.98 Å². The highest BCUT2D eigenvalue weighted by Gasteiger charge is 2.08. The van der Waals surface area contributed by atoms with Crippen LogP contribution in [0.25, 0.3) is 22.5 Å². The van der Waals surface area contributed by atoms with Gasteiger partial charge in [-0.15, -0.1) is 0 Å². The van der Waals surface area contributed by atoms with Gasteiger partial charge in [-0.1, -0.05) is 12.1 Å². The third kappa shape index (κ3) is 3.15. The molecule has 5 nitrogen and oxygen atoms in total. The zero-order valence-corrected chi connectivity index (χ0v) is 13.8. The molecular formula is C19H21N5. The van der Waals surface area contributed by atoms with Gasteiger partial charge in [0.1, 0.15) is 5.65 Å². The molecule has 0 fully saturated rings. The molecule has 5 heteroatoms. The van der Waals surface area contributed by atoms with E-state index in [0.29, 0.717) is 0 Å². The fraction of sp³-hybridized carbons (Fsp3) is 0.158. The van der Waals surface area contributed by atoms with E-state index in [1.54, 1.807) is 12.4 Å². The maximum Gasteiger partial charge on any atom is 0.137 e. The number of aliphatic imine (C=N–C) groups is 1. The van der Waals surface area contributed by atoms with Crippen LogP contribution in [0.4, 0.5) is 5.69 Å². The number of rotatable bonds is 4. The van der Waals surface area contributed by atoms with Crippen LogP contribution in [0.2, 0.25) is 0 Å². The van der Waals surface area contributed by atoms with Crippen LogP contribution in [-0.2, 0) is 0 Å². The summed E-state index contributed by atoms with van der Waals surface area (Å²) >= 11 is 0. The summed E-state index contributed by atoms with van der Waals surface area (Å²) in [5, 5.41) is 0. The van der Waals surface area contributed by atoms with Gasteiger partial charge in [0, 0.05) is 41.5 Å².